The topological polar surface area (TPSA) is 484 Å². The smallest absolute Gasteiger partial charge is 0.406 e. The maximum atomic E-state index is 13.4. The zero-order valence-corrected chi connectivity index (χ0v) is 88.9. The van der Waals surface area contributed by atoms with Gasteiger partial charge >= 0.3 is 24.4 Å². The maximum Gasteiger partial charge on any atom is 0.406 e. The van der Waals surface area contributed by atoms with Gasteiger partial charge in [0.25, 0.3) is 0 Å². The molecule has 149 heavy (non-hydrogen) atoms. The number of anilines is 1. The number of unbranched alkanes of at least 4 members (excludes halogenated alkanes) is 3. The van der Waals surface area contributed by atoms with Gasteiger partial charge in [-0.15, -0.1) is 0 Å². The Bertz CT molecular complexity index is 5490. The van der Waals surface area contributed by atoms with Crippen LogP contribution in [0, 0.1) is 0 Å². The molecule has 3 aliphatic carbocycles. The van der Waals surface area contributed by atoms with Gasteiger partial charge in [-0.25, -0.2) is 32.3 Å². The predicted molar refractivity (Wildman–Crippen MR) is 573 cm³/mol. The van der Waals surface area contributed by atoms with E-state index in [2.05, 4.69) is 79.8 Å². The van der Waals surface area contributed by atoms with Crippen molar-refractivity contribution < 1.29 is 124 Å². The van der Waals surface area contributed by atoms with Gasteiger partial charge in [-0.05, 0) is 219 Å². The molecule has 6 aromatic carbocycles. The van der Waals surface area contributed by atoms with E-state index in [1.807, 2.05) is 118 Å². The lowest BCUT2D eigenvalue weighted by Crippen LogP contribution is -2.27. The first kappa shape index (κ1) is 126. The summed E-state index contributed by atoms with van der Waals surface area (Å²) in [6.45, 7) is 20.6. The fourth-order valence-electron chi connectivity index (χ4n) is 16.9. The minimum Gasteiger partial charge on any atom is -0.449 e. The van der Waals surface area contributed by atoms with Crippen molar-refractivity contribution in [2.45, 2.75) is 251 Å². The molecule has 10 rings (SSSR count). The van der Waals surface area contributed by atoms with E-state index >= 15 is 0 Å². The van der Waals surface area contributed by atoms with Crippen molar-refractivity contribution in [2.24, 2.45) is 0 Å². The van der Waals surface area contributed by atoms with Crippen LogP contribution in [0.2, 0.25) is 0 Å². The SMILES string of the molecule is C.CCCCOCCCC(=O)c1ccc2c(c1)C(COC(=O)NC)c1cc(C(=O)CCCOC(C)CCO)ccc1-2.CCCCOCCNC(=O)CCCC(=O)Nc1ccc2c(c1)C(COC(=O)NC)c1cc(C(=O)CCCOC(C)CCO)ccc1-2.CCCCOCCNC(=O)CCCc1ccc2c(c1)C(COC(=O)NC)c1cccc(C(=O)CCCOC(C)CCO)c1-2.CCNS(=O)(=O)c1cnccc1CCOC(=O)NC. The van der Waals surface area contributed by atoms with Crippen molar-refractivity contribution in [1.29, 1.82) is 0 Å². The average Bonchev–Trinajstić information content (AvgIpc) is 1.60. The van der Waals surface area contributed by atoms with Crippen LogP contribution in [0.25, 0.3) is 33.4 Å². The van der Waals surface area contributed by atoms with E-state index in [0.29, 0.717) is 196 Å². The fourth-order valence-corrected chi connectivity index (χ4v) is 18.2. The number of sulfonamides is 1. The summed E-state index contributed by atoms with van der Waals surface area (Å²) in [7, 11) is 2.41. The van der Waals surface area contributed by atoms with Gasteiger partial charge in [-0.2, -0.15) is 0 Å². The normalized spacial score (nSPS) is 13.6. The highest BCUT2D eigenvalue weighted by Gasteiger charge is 2.37. The second-order valence-electron chi connectivity index (χ2n) is 36.3. The number of pyridine rings is 1. The first-order valence-corrected chi connectivity index (χ1v) is 53.5. The summed E-state index contributed by atoms with van der Waals surface area (Å²) in [6, 6.07) is 36.2. The van der Waals surface area contributed by atoms with Crippen molar-refractivity contribution in [2.75, 3.05) is 159 Å². The Hall–Kier alpha value is -11.8. The zero-order chi connectivity index (χ0) is 108. The molecule has 6 atom stereocenters. The Labute approximate surface area is 879 Å². The summed E-state index contributed by atoms with van der Waals surface area (Å²) in [4.78, 5) is 140. The number of hydrogen-bond donors (Lipinski definition) is 11. The molecule has 0 spiro atoms. The maximum absolute atomic E-state index is 13.4. The third kappa shape index (κ3) is 42.9. The van der Waals surface area contributed by atoms with Crippen molar-refractivity contribution in [1.82, 2.24) is 41.6 Å². The minimum atomic E-state index is -3.57. The highest BCUT2D eigenvalue weighted by Crippen LogP contribution is 2.50. The number of carbonyl (C=O) groups excluding carboxylic acids is 11. The van der Waals surface area contributed by atoms with Crippen LogP contribution >= 0.6 is 0 Å². The monoisotopic (exact) mass is 2090 g/mol. The Morgan fingerprint density at radius 3 is 1.23 bits per heavy atom. The molecule has 0 bridgehead atoms. The summed E-state index contributed by atoms with van der Waals surface area (Å²) >= 11 is 0. The number of alkyl carbamates (subject to hydrolysis) is 4. The second-order valence-corrected chi connectivity index (χ2v) is 38.0. The van der Waals surface area contributed by atoms with Gasteiger partial charge in [0.1, 0.15) is 24.7 Å². The van der Waals surface area contributed by atoms with E-state index in [1.165, 1.54) is 40.6 Å². The average molecular weight is 2090 g/mol. The number of hydrogen-bond acceptors (Lipinski definition) is 27. The molecule has 0 saturated carbocycles. The third-order valence-corrected chi connectivity index (χ3v) is 26.6. The van der Waals surface area contributed by atoms with Gasteiger partial charge in [0.2, 0.25) is 27.7 Å². The molecule has 7 aromatic rings. The van der Waals surface area contributed by atoms with Crippen LogP contribution in [0.15, 0.2) is 133 Å². The lowest BCUT2D eigenvalue weighted by atomic mass is 9.93. The number of fused-ring (bicyclic) bond motifs is 9. The standard InChI is InChI=1S/C35H49N3O8.C34H48N2O7.C32H43NO7.C11H17N3O4S.CH4/c1-4-5-18-44-20-16-37-33(41)9-6-10-34(42)38-26-12-14-28-27-13-11-25(32(40)8-7-19-45-24(2)15-17-39)21-29(27)31(30(28)22-26)23-46-35(43)36-3;1-4-5-19-41-21-17-36-32(39)13-6-9-25-14-15-27-29(22-25)30(23-43-34(40)35-3)26-10-7-11-28(33(26)27)31(38)12-8-20-42-24(2)16-18-37;1-4-5-16-38-17-6-8-30(35)23-10-12-25-26-13-11-24(31(36)9-7-18-39-22(2)14-15-34)20-28(26)29(27(25)19-23)21-40-32(37)33-3;1-3-14-19(16,17)10-8-13-6-4-9(10)5-7-18-11(15)12-2;/h11-14,21-22,24,31,39H,4-10,15-20,23H2,1-3H3,(H,36,43)(H,37,41)(H,38,42);7,10-11,14-15,22,24,30,37H,4-6,8-9,12-13,16-21,23H2,1-3H3,(H,35,40)(H,36,39);10-13,19-20,22,29,34H,4-9,14-18,21H2,1-3H3,(H,33,37);4,6,8,14H,3,5,7H2,1-2H3,(H,12,15);1H4. The number of carbonyl (C=O) groups is 11. The highest BCUT2D eigenvalue weighted by atomic mass is 32.2. The second kappa shape index (κ2) is 70.3. The molecule has 0 fully saturated rings. The first-order chi connectivity index (χ1) is 71.5. The summed E-state index contributed by atoms with van der Waals surface area (Å²) in [5, 5.41) is 45.5. The van der Waals surface area contributed by atoms with E-state index in [0.717, 1.165) is 130 Å². The van der Waals surface area contributed by atoms with Crippen molar-refractivity contribution in [3.05, 3.63) is 194 Å². The molecule has 0 saturated heterocycles. The Morgan fingerprint density at radius 2 is 0.785 bits per heavy atom. The predicted octanol–water partition coefficient (Wildman–Crippen LogP) is 16.7. The van der Waals surface area contributed by atoms with Crippen molar-refractivity contribution in [3.63, 3.8) is 0 Å². The molecule has 35 nitrogen and oxygen atoms in total. The number of aromatic nitrogens is 1. The lowest BCUT2D eigenvalue weighted by molar-refractivity contribution is -0.122. The molecule has 0 radical (unpaired) electrons. The Kier molecular flexibility index (Phi) is 59.4. The van der Waals surface area contributed by atoms with Crippen LogP contribution in [0.5, 0.6) is 0 Å². The molecular weight excluding hydrogens is 1930 g/mol. The Balaban J connectivity index is 0.000000313. The molecule has 1 aromatic heterocycles. The van der Waals surface area contributed by atoms with Crippen LogP contribution in [0.1, 0.15) is 301 Å². The molecule has 3 aliphatic rings. The van der Waals surface area contributed by atoms with Gasteiger partial charge in [0, 0.05) is 223 Å². The number of ketones is 4. The summed E-state index contributed by atoms with van der Waals surface area (Å²) in [5.41, 5.74) is 16.0. The van der Waals surface area contributed by atoms with Crippen LogP contribution < -0.4 is 41.9 Å². The molecule has 7 amide bonds. The number of ether oxygens (including phenoxy) is 10. The molecule has 1 heterocycles. The number of aliphatic hydroxyl groups excluding tert-OH is 3. The quantitative estimate of drug-likeness (QED) is 0.00958. The van der Waals surface area contributed by atoms with Crippen LogP contribution in [-0.2, 0) is 84.6 Å². The van der Waals surface area contributed by atoms with Gasteiger partial charge in [-0.3, -0.25) is 38.5 Å². The largest absolute Gasteiger partial charge is 0.449 e. The molecule has 820 valence electrons. The molecule has 6 unspecified atom stereocenters. The van der Waals surface area contributed by atoms with Crippen LogP contribution in [-0.4, -0.2) is 266 Å². The number of benzene rings is 6. The van der Waals surface area contributed by atoms with Crippen molar-refractivity contribution >= 4 is 80.9 Å². The lowest BCUT2D eigenvalue weighted by Gasteiger charge is -2.16. The third-order valence-electron chi connectivity index (χ3n) is 25.0. The van der Waals surface area contributed by atoms with E-state index in [-0.39, 0.29) is 148 Å². The van der Waals surface area contributed by atoms with Crippen molar-refractivity contribution in [3.8, 4) is 33.4 Å². The Morgan fingerprint density at radius 1 is 0.389 bits per heavy atom. The molecular formula is C113H161N9O26S. The number of Topliss-reactive ketones (excluding diaryl/α,β-unsaturated/α-hetero) is 4. The van der Waals surface area contributed by atoms with Gasteiger partial charge in [0.05, 0.1) is 38.1 Å². The van der Waals surface area contributed by atoms with Gasteiger partial charge in [-0.1, -0.05) is 133 Å². The number of rotatable bonds is 65. The number of nitrogens with zero attached hydrogens (tertiary/aromatic N) is 1. The van der Waals surface area contributed by atoms with Gasteiger partial charge < -0.3 is 99.9 Å². The van der Waals surface area contributed by atoms with E-state index in [9.17, 15) is 61.2 Å². The van der Waals surface area contributed by atoms with Crippen LogP contribution in [0.4, 0.5) is 24.9 Å². The summed E-state index contributed by atoms with van der Waals surface area (Å²) in [5.74, 6) is -1.02. The number of aliphatic hydroxyl groups is 3. The summed E-state index contributed by atoms with van der Waals surface area (Å²) in [6.07, 6.45) is 15.3. The summed E-state index contributed by atoms with van der Waals surface area (Å²) < 4.78 is 81.0. The van der Waals surface area contributed by atoms with E-state index in [1.54, 1.807) is 13.0 Å². The molecule has 36 heteroatoms. The van der Waals surface area contributed by atoms with Crippen LogP contribution in [0.3, 0.4) is 0 Å². The zero-order valence-electron chi connectivity index (χ0n) is 88.1. The fraction of sp³-hybridized carbons (Fsp3) is 0.540. The first-order valence-electron chi connectivity index (χ1n) is 52.1. The number of aryl methyl sites for hydroxylation is 1. The number of amides is 7. The van der Waals surface area contributed by atoms with E-state index in [4.69, 9.17) is 62.7 Å². The highest BCUT2D eigenvalue weighted by molar-refractivity contribution is 7.89. The van der Waals surface area contributed by atoms with E-state index < -0.39 is 34.4 Å². The minimum absolute atomic E-state index is 0. The molecule has 11 N–H and O–H groups in total. The van der Waals surface area contributed by atoms with Gasteiger partial charge in [0.15, 0.2) is 23.1 Å². The number of nitrogens with one attached hydrogen (secondary N) is 8. The molecule has 0 aliphatic heterocycles.